The van der Waals surface area contributed by atoms with Gasteiger partial charge in [-0.2, -0.15) is 0 Å². The average molecular weight is 347 g/mol. The molecule has 0 aromatic heterocycles. The van der Waals surface area contributed by atoms with Crippen molar-refractivity contribution in [2.24, 2.45) is 0 Å². The van der Waals surface area contributed by atoms with Gasteiger partial charge in [-0.25, -0.2) is 4.79 Å². The molecule has 0 atom stereocenters. The predicted octanol–water partition coefficient (Wildman–Crippen LogP) is 2.27. The van der Waals surface area contributed by atoms with E-state index in [2.05, 4.69) is 10.6 Å². The molecule has 0 aliphatic heterocycles. The number of urea groups is 1. The maximum atomic E-state index is 12.2. The second-order valence-electron chi connectivity index (χ2n) is 7.06. The molecule has 0 spiro atoms. The zero-order chi connectivity index (χ0) is 18.3. The van der Waals surface area contributed by atoms with Gasteiger partial charge in [0.25, 0.3) is 5.91 Å². The summed E-state index contributed by atoms with van der Waals surface area (Å²) in [5.41, 5.74) is 1.04. The third-order valence-electron chi connectivity index (χ3n) is 4.80. The highest BCUT2D eigenvalue weighted by atomic mass is 16.3. The number of benzene rings is 1. The summed E-state index contributed by atoms with van der Waals surface area (Å²) in [6.45, 7) is 0.353. The molecule has 0 saturated heterocycles. The van der Waals surface area contributed by atoms with Gasteiger partial charge < -0.3 is 20.6 Å². The number of nitrogens with one attached hydrogen (secondary N) is 2. The van der Waals surface area contributed by atoms with Gasteiger partial charge >= 0.3 is 6.03 Å². The van der Waals surface area contributed by atoms with Gasteiger partial charge in [0.1, 0.15) is 0 Å². The first-order valence-electron chi connectivity index (χ1n) is 8.93. The number of carbonyl (C=O) groups excluding carboxylic acids is 2. The molecule has 1 saturated carbocycles. The van der Waals surface area contributed by atoms with Crippen LogP contribution in [0, 0.1) is 0 Å². The van der Waals surface area contributed by atoms with E-state index in [4.69, 9.17) is 0 Å². The normalized spacial score (nSPS) is 16.6. The van der Waals surface area contributed by atoms with E-state index in [1.54, 1.807) is 26.2 Å². The van der Waals surface area contributed by atoms with Crippen LogP contribution in [0.4, 0.5) is 4.79 Å². The molecule has 0 radical (unpaired) electrons. The fourth-order valence-electron chi connectivity index (χ4n) is 3.22. The van der Waals surface area contributed by atoms with Crippen LogP contribution in [0.3, 0.4) is 0 Å². The first-order chi connectivity index (χ1) is 12.0. The highest BCUT2D eigenvalue weighted by molar-refractivity contribution is 5.93. The van der Waals surface area contributed by atoms with Gasteiger partial charge in [0.05, 0.1) is 12.1 Å². The van der Waals surface area contributed by atoms with Crippen LogP contribution in [0.2, 0.25) is 0 Å². The van der Waals surface area contributed by atoms with Crippen molar-refractivity contribution >= 4 is 11.9 Å². The standard InChI is InChI=1S/C19H29N3O3/c1-22(2)17(24)16-9-7-15(8-10-16)13-20-18(25)21-19(14-23)11-5-3-4-6-12-19/h7-10,23H,3-6,11-14H2,1-2H3,(H2,20,21,25). The lowest BCUT2D eigenvalue weighted by Gasteiger charge is -2.32. The van der Waals surface area contributed by atoms with Gasteiger partial charge in [-0.1, -0.05) is 37.8 Å². The fourth-order valence-corrected chi connectivity index (χ4v) is 3.22. The molecule has 1 aromatic rings. The molecule has 2 rings (SSSR count). The Morgan fingerprint density at radius 2 is 1.68 bits per heavy atom. The van der Waals surface area contributed by atoms with Crippen molar-refractivity contribution in [1.29, 1.82) is 0 Å². The summed E-state index contributed by atoms with van der Waals surface area (Å²) in [6.07, 6.45) is 6.01. The molecule has 6 nitrogen and oxygen atoms in total. The number of hydrogen-bond donors (Lipinski definition) is 3. The van der Waals surface area contributed by atoms with Crippen molar-refractivity contribution in [2.75, 3.05) is 20.7 Å². The maximum absolute atomic E-state index is 12.2. The Morgan fingerprint density at radius 1 is 1.08 bits per heavy atom. The number of aliphatic hydroxyl groups excluding tert-OH is 1. The van der Waals surface area contributed by atoms with E-state index in [-0.39, 0.29) is 18.5 Å². The Hall–Kier alpha value is -2.08. The third-order valence-corrected chi connectivity index (χ3v) is 4.80. The number of nitrogens with zero attached hydrogens (tertiary/aromatic N) is 1. The molecule has 1 fully saturated rings. The first kappa shape index (κ1) is 19.2. The number of amides is 3. The van der Waals surface area contributed by atoms with Crippen molar-refractivity contribution in [3.8, 4) is 0 Å². The molecule has 3 N–H and O–H groups in total. The summed E-state index contributed by atoms with van der Waals surface area (Å²) in [5.74, 6) is -0.0458. The number of hydrogen-bond acceptors (Lipinski definition) is 3. The lowest BCUT2D eigenvalue weighted by atomic mass is 9.91. The summed E-state index contributed by atoms with van der Waals surface area (Å²) in [4.78, 5) is 25.6. The van der Waals surface area contributed by atoms with E-state index >= 15 is 0 Å². The molecule has 1 aliphatic rings. The van der Waals surface area contributed by atoms with Gasteiger partial charge in [0, 0.05) is 26.2 Å². The SMILES string of the molecule is CN(C)C(=O)c1ccc(CNC(=O)NC2(CO)CCCCCC2)cc1. The van der Waals surface area contributed by atoms with Crippen LogP contribution in [0.15, 0.2) is 24.3 Å². The highest BCUT2D eigenvalue weighted by Gasteiger charge is 2.31. The Balaban J connectivity index is 1.87. The van der Waals surface area contributed by atoms with E-state index in [1.807, 2.05) is 12.1 Å². The van der Waals surface area contributed by atoms with Gasteiger partial charge in [0.2, 0.25) is 0 Å². The molecule has 1 aromatic carbocycles. The largest absolute Gasteiger partial charge is 0.394 e. The van der Waals surface area contributed by atoms with Crippen LogP contribution >= 0.6 is 0 Å². The molecule has 3 amide bonds. The summed E-state index contributed by atoms with van der Waals surface area (Å²) in [5, 5.41) is 15.6. The summed E-state index contributed by atoms with van der Waals surface area (Å²) in [6, 6.07) is 6.94. The summed E-state index contributed by atoms with van der Waals surface area (Å²) in [7, 11) is 3.43. The molecule has 6 heteroatoms. The second-order valence-corrected chi connectivity index (χ2v) is 7.06. The molecule has 0 heterocycles. The summed E-state index contributed by atoms with van der Waals surface area (Å²) < 4.78 is 0. The Labute approximate surface area is 149 Å². The Bertz CT molecular complexity index is 576. The lowest BCUT2D eigenvalue weighted by molar-refractivity contribution is 0.0827. The van der Waals surface area contributed by atoms with Crippen molar-refractivity contribution < 1.29 is 14.7 Å². The monoisotopic (exact) mass is 347 g/mol. The van der Waals surface area contributed by atoms with Gasteiger partial charge in [0.15, 0.2) is 0 Å². The van der Waals surface area contributed by atoms with E-state index in [1.165, 1.54) is 4.90 Å². The van der Waals surface area contributed by atoms with Gasteiger partial charge in [-0.05, 0) is 30.5 Å². The molecular formula is C19H29N3O3. The van der Waals surface area contributed by atoms with Crippen LogP contribution in [-0.2, 0) is 6.54 Å². The smallest absolute Gasteiger partial charge is 0.315 e. The van der Waals surface area contributed by atoms with Crippen molar-refractivity contribution in [1.82, 2.24) is 15.5 Å². The second kappa shape index (κ2) is 8.85. The van der Waals surface area contributed by atoms with Gasteiger partial charge in [-0.15, -0.1) is 0 Å². The van der Waals surface area contributed by atoms with E-state index < -0.39 is 5.54 Å². The molecule has 25 heavy (non-hydrogen) atoms. The zero-order valence-electron chi connectivity index (χ0n) is 15.2. The van der Waals surface area contributed by atoms with Crippen LogP contribution < -0.4 is 10.6 Å². The minimum absolute atomic E-state index is 0.0260. The molecule has 0 unspecified atom stereocenters. The van der Waals surface area contributed by atoms with Crippen molar-refractivity contribution in [3.05, 3.63) is 35.4 Å². The predicted molar refractivity (Wildman–Crippen MR) is 97.3 cm³/mol. The quantitative estimate of drug-likeness (QED) is 0.715. The number of aliphatic hydroxyl groups is 1. The van der Waals surface area contributed by atoms with Crippen LogP contribution in [0.25, 0.3) is 0 Å². The van der Waals surface area contributed by atoms with Gasteiger partial charge in [-0.3, -0.25) is 4.79 Å². The fraction of sp³-hybridized carbons (Fsp3) is 0.579. The Morgan fingerprint density at radius 3 is 2.20 bits per heavy atom. The van der Waals surface area contributed by atoms with E-state index in [0.717, 1.165) is 44.1 Å². The van der Waals surface area contributed by atoms with E-state index in [9.17, 15) is 14.7 Å². The average Bonchev–Trinajstić information content (AvgIpc) is 2.85. The third kappa shape index (κ3) is 5.46. The highest BCUT2D eigenvalue weighted by Crippen LogP contribution is 2.26. The number of rotatable bonds is 5. The molecular weight excluding hydrogens is 318 g/mol. The summed E-state index contributed by atoms with van der Waals surface area (Å²) >= 11 is 0. The lowest BCUT2D eigenvalue weighted by Crippen LogP contribution is -2.54. The van der Waals surface area contributed by atoms with Crippen LogP contribution in [-0.4, -0.2) is 48.2 Å². The van der Waals surface area contributed by atoms with Crippen molar-refractivity contribution in [3.63, 3.8) is 0 Å². The van der Waals surface area contributed by atoms with Crippen LogP contribution in [0.5, 0.6) is 0 Å². The first-order valence-corrected chi connectivity index (χ1v) is 8.93. The topological polar surface area (TPSA) is 81.7 Å². The van der Waals surface area contributed by atoms with E-state index in [0.29, 0.717) is 12.1 Å². The van der Waals surface area contributed by atoms with Crippen molar-refractivity contribution in [2.45, 2.75) is 50.6 Å². The minimum atomic E-state index is -0.497. The molecule has 0 bridgehead atoms. The molecule has 1 aliphatic carbocycles. The Kier molecular flexibility index (Phi) is 6.82. The number of carbonyl (C=O) groups is 2. The molecule has 138 valence electrons. The van der Waals surface area contributed by atoms with Crippen LogP contribution in [0.1, 0.15) is 54.4 Å². The minimum Gasteiger partial charge on any atom is -0.394 e. The maximum Gasteiger partial charge on any atom is 0.315 e. The zero-order valence-corrected chi connectivity index (χ0v) is 15.2.